The van der Waals surface area contributed by atoms with Gasteiger partial charge in [0.15, 0.2) is 5.78 Å². The molecule has 80 valence electrons. The fourth-order valence-corrected chi connectivity index (χ4v) is 1.37. The second-order valence-electron chi connectivity index (χ2n) is 3.62. The van der Waals surface area contributed by atoms with Gasteiger partial charge in [-0.3, -0.25) is 9.78 Å². The Bertz CT molecular complexity index is 330. The lowest BCUT2D eigenvalue weighted by molar-refractivity contribution is 0.0930. The predicted molar refractivity (Wildman–Crippen MR) is 61.8 cm³/mol. The molecule has 1 rings (SSSR count). The molecular formula is C13H17NO. The van der Waals surface area contributed by atoms with E-state index < -0.39 is 0 Å². The molecule has 0 saturated carbocycles. The highest BCUT2D eigenvalue weighted by Crippen LogP contribution is 2.11. The second-order valence-corrected chi connectivity index (χ2v) is 3.62. The third-order valence-electron chi connectivity index (χ3n) is 2.29. The average Bonchev–Trinajstić information content (AvgIpc) is 2.29. The van der Waals surface area contributed by atoms with Gasteiger partial charge in [0, 0.05) is 23.9 Å². The molecule has 0 N–H and O–H groups in total. The molecule has 0 aromatic carbocycles. The molecule has 0 amide bonds. The third kappa shape index (κ3) is 3.66. The van der Waals surface area contributed by atoms with E-state index in [0.29, 0.717) is 5.56 Å². The topological polar surface area (TPSA) is 30.0 Å². The third-order valence-corrected chi connectivity index (χ3v) is 2.29. The van der Waals surface area contributed by atoms with E-state index in [1.54, 1.807) is 18.5 Å². The minimum absolute atomic E-state index is 0.0389. The number of allylic oxidation sites excluding steroid dienone is 2. The highest BCUT2D eigenvalue weighted by Gasteiger charge is 2.13. The molecule has 15 heavy (non-hydrogen) atoms. The fourth-order valence-electron chi connectivity index (χ4n) is 1.37. The Balaban J connectivity index is 2.57. The van der Waals surface area contributed by atoms with Crippen LogP contribution < -0.4 is 0 Å². The molecule has 0 fully saturated rings. The molecule has 2 heteroatoms. The van der Waals surface area contributed by atoms with Gasteiger partial charge < -0.3 is 0 Å². The van der Waals surface area contributed by atoms with E-state index in [1.165, 1.54) is 0 Å². The molecular weight excluding hydrogens is 186 g/mol. The standard InChI is InChI=1S/C13H17NO/c1-3-4-5-7-11(2)13(15)12-8-6-9-14-10-12/h4-6,8-11H,3,7H2,1-2H3/b5-4-. The van der Waals surface area contributed by atoms with Crippen molar-refractivity contribution in [3.05, 3.63) is 42.2 Å². The van der Waals surface area contributed by atoms with Crippen molar-refractivity contribution in [2.75, 3.05) is 0 Å². The zero-order chi connectivity index (χ0) is 11.1. The number of Topliss-reactive ketones (excluding diaryl/α,β-unsaturated/α-hetero) is 1. The van der Waals surface area contributed by atoms with Crippen molar-refractivity contribution >= 4 is 5.78 Å². The van der Waals surface area contributed by atoms with Crippen molar-refractivity contribution in [3.63, 3.8) is 0 Å². The van der Waals surface area contributed by atoms with Gasteiger partial charge in [-0.25, -0.2) is 0 Å². The molecule has 0 aliphatic heterocycles. The molecule has 1 aromatic rings. The number of ketones is 1. The van der Waals surface area contributed by atoms with Gasteiger partial charge in [0.05, 0.1) is 0 Å². The molecule has 1 unspecified atom stereocenters. The van der Waals surface area contributed by atoms with Crippen LogP contribution in [0.1, 0.15) is 37.0 Å². The molecule has 0 radical (unpaired) electrons. The summed E-state index contributed by atoms with van der Waals surface area (Å²) < 4.78 is 0. The van der Waals surface area contributed by atoms with Gasteiger partial charge in [-0.1, -0.05) is 26.0 Å². The number of pyridine rings is 1. The summed E-state index contributed by atoms with van der Waals surface area (Å²) in [6, 6.07) is 3.61. The Morgan fingerprint density at radius 3 is 2.93 bits per heavy atom. The van der Waals surface area contributed by atoms with Crippen LogP contribution in [0.15, 0.2) is 36.7 Å². The molecule has 0 spiro atoms. The highest BCUT2D eigenvalue weighted by atomic mass is 16.1. The first-order valence-corrected chi connectivity index (χ1v) is 5.35. The molecule has 2 nitrogen and oxygen atoms in total. The SMILES string of the molecule is CC/C=C\CC(C)C(=O)c1cccnc1. The van der Waals surface area contributed by atoms with E-state index >= 15 is 0 Å². The quantitative estimate of drug-likeness (QED) is 0.543. The molecule has 1 aromatic heterocycles. The van der Waals surface area contributed by atoms with E-state index in [2.05, 4.69) is 24.1 Å². The lowest BCUT2D eigenvalue weighted by Gasteiger charge is -2.06. The maximum atomic E-state index is 11.9. The van der Waals surface area contributed by atoms with Gasteiger partial charge in [0.1, 0.15) is 0 Å². The number of hydrogen-bond acceptors (Lipinski definition) is 2. The maximum Gasteiger partial charge on any atom is 0.167 e. The maximum absolute atomic E-state index is 11.9. The van der Waals surface area contributed by atoms with Crippen LogP contribution in [0.5, 0.6) is 0 Å². The van der Waals surface area contributed by atoms with Crippen molar-refractivity contribution in [3.8, 4) is 0 Å². The normalized spacial score (nSPS) is 12.9. The minimum atomic E-state index is 0.0389. The predicted octanol–water partition coefficient (Wildman–Crippen LogP) is 3.26. The van der Waals surface area contributed by atoms with Crippen LogP contribution in [-0.4, -0.2) is 10.8 Å². The largest absolute Gasteiger partial charge is 0.294 e. The average molecular weight is 203 g/mol. The van der Waals surface area contributed by atoms with Crippen LogP contribution in [0.25, 0.3) is 0 Å². The lowest BCUT2D eigenvalue weighted by Crippen LogP contribution is -2.10. The number of hydrogen-bond donors (Lipinski definition) is 0. The van der Waals surface area contributed by atoms with Gasteiger partial charge in [-0.05, 0) is 25.0 Å². The monoisotopic (exact) mass is 203 g/mol. The van der Waals surface area contributed by atoms with E-state index in [4.69, 9.17) is 0 Å². The summed E-state index contributed by atoms with van der Waals surface area (Å²) in [5, 5.41) is 0. The Morgan fingerprint density at radius 1 is 1.53 bits per heavy atom. The zero-order valence-corrected chi connectivity index (χ0v) is 9.31. The van der Waals surface area contributed by atoms with E-state index in [-0.39, 0.29) is 11.7 Å². The number of carbonyl (C=O) groups excluding carboxylic acids is 1. The summed E-state index contributed by atoms with van der Waals surface area (Å²) in [5.41, 5.74) is 0.704. The lowest BCUT2D eigenvalue weighted by atomic mass is 9.97. The van der Waals surface area contributed by atoms with Gasteiger partial charge in [-0.15, -0.1) is 0 Å². The zero-order valence-electron chi connectivity index (χ0n) is 9.31. The van der Waals surface area contributed by atoms with Crippen molar-refractivity contribution in [1.82, 2.24) is 4.98 Å². The van der Waals surface area contributed by atoms with Crippen LogP contribution in [-0.2, 0) is 0 Å². The van der Waals surface area contributed by atoms with Crippen LogP contribution in [0.4, 0.5) is 0 Å². The van der Waals surface area contributed by atoms with Gasteiger partial charge in [-0.2, -0.15) is 0 Å². The van der Waals surface area contributed by atoms with Crippen LogP contribution in [0, 0.1) is 5.92 Å². The minimum Gasteiger partial charge on any atom is -0.294 e. The first-order chi connectivity index (χ1) is 7.25. The highest BCUT2D eigenvalue weighted by molar-refractivity contribution is 5.97. The molecule has 0 aliphatic rings. The first-order valence-electron chi connectivity index (χ1n) is 5.35. The van der Waals surface area contributed by atoms with E-state index in [1.807, 2.05) is 13.0 Å². The Kier molecular flexibility index (Phi) is 4.75. The molecule has 0 aliphatic carbocycles. The molecule has 1 atom stereocenters. The summed E-state index contributed by atoms with van der Waals surface area (Å²) in [5.74, 6) is 0.209. The van der Waals surface area contributed by atoms with E-state index in [9.17, 15) is 4.79 Å². The van der Waals surface area contributed by atoms with E-state index in [0.717, 1.165) is 12.8 Å². The fraction of sp³-hybridized carbons (Fsp3) is 0.385. The summed E-state index contributed by atoms with van der Waals surface area (Å²) in [6.45, 7) is 4.04. The summed E-state index contributed by atoms with van der Waals surface area (Å²) in [4.78, 5) is 15.8. The molecule has 1 heterocycles. The van der Waals surface area contributed by atoms with Crippen LogP contribution >= 0.6 is 0 Å². The van der Waals surface area contributed by atoms with Gasteiger partial charge in [0.2, 0.25) is 0 Å². The van der Waals surface area contributed by atoms with Crippen molar-refractivity contribution < 1.29 is 4.79 Å². The van der Waals surface area contributed by atoms with Crippen molar-refractivity contribution in [2.24, 2.45) is 5.92 Å². The summed E-state index contributed by atoms with van der Waals surface area (Å²) in [7, 11) is 0. The van der Waals surface area contributed by atoms with Gasteiger partial charge >= 0.3 is 0 Å². The molecule has 0 bridgehead atoms. The van der Waals surface area contributed by atoms with Crippen molar-refractivity contribution in [2.45, 2.75) is 26.7 Å². The number of carbonyl (C=O) groups is 1. The Morgan fingerprint density at radius 2 is 2.33 bits per heavy atom. The first kappa shape index (κ1) is 11.6. The number of aromatic nitrogens is 1. The van der Waals surface area contributed by atoms with Crippen molar-refractivity contribution in [1.29, 1.82) is 0 Å². The Hall–Kier alpha value is -1.44. The van der Waals surface area contributed by atoms with Crippen LogP contribution in [0.2, 0.25) is 0 Å². The number of rotatable bonds is 5. The summed E-state index contributed by atoms with van der Waals surface area (Å²) in [6.07, 6.45) is 9.29. The number of nitrogens with zero attached hydrogens (tertiary/aromatic N) is 1. The van der Waals surface area contributed by atoms with Crippen LogP contribution in [0.3, 0.4) is 0 Å². The second kappa shape index (κ2) is 6.12. The van der Waals surface area contributed by atoms with Gasteiger partial charge in [0.25, 0.3) is 0 Å². The summed E-state index contributed by atoms with van der Waals surface area (Å²) >= 11 is 0. The Labute approximate surface area is 91.0 Å². The molecule has 0 saturated heterocycles. The smallest absolute Gasteiger partial charge is 0.167 e.